The SMILES string of the molecule is CC1(c2nc(Br)c3c(Cl)nccn23)COC1. The number of halogens is 2. The Labute approximate surface area is 106 Å². The Bertz CT molecular complexity index is 564. The van der Waals surface area contributed by atoms with E-state index in [1.165, 1.54) is 0 Å². The second kappa shape index (κ2) is 3.42. The van der Waals surface area contributed by atoms with Gasteiger partial charge >= 0.3 is 0 Å². The zero-order valence-corrected chi connectivity index (χ0v) is 10.9. The molecule has 0 bridgehead atoms. The summed E-state index contributed by atoms with van der Waals surface area (Å²) in [7, 11) is 0. The topological polar surface area (TPSA) is 39.4 Å². The third kappa shape index (κ3) is 1.31. The van der Waals surface area contributed by atoms with Gasteiger partial charge in [0, 0.05) is 12.4 Å². The third-order valence-electron chi connectivity index (χ3n) is 2.85. The van der Waals surface area contributed by atoms with Gasteiger partial charge in [0.15, 0.2) is 5.15 Å². The highest BCUT2D eigenvalue weighted by atomic mass is 79.9. The van der Waals surface area contributed by atoms with Crippen LogP contribution in [0.25, 0.3) is 5.52 Å². The summed E-state index contributed by atoms with van der Waals surface area (Å²) in [6.07, 6.45) is 3.55. The number of nitrogens with zero attached hydrogens (tertiary/aromatic N) is 3. The van der Waals surface area contributed by atoms with Gasteiger partial charge in [-0.2, -0.15) is 0 Å². The molecule has 2 aromatic heterocycles. The molecule has 1 fully saturated rings. The Kier molecular flexibility index (Phi) is 2.24. The van der Waals surface area contributed by atoms with E-state index in [2.05, 4.69) is 32.8 Å². The highest BCUT2D eigenvalue weighted by molar-refractivity contribution is 9.10. The largest absolute Gasteiger partial charge is 0.379 e. The second-order valence-electron chi connectivity index (χ2n) is 4.22. The molecule has 0 atom stereocenters. The lowest BCUT2D eigenvalue weighted by atomic mass is 9.88. The molecule has 3 rings (SSSR count). The summed E-state index contributed by atoms with van der Waals surface area (Å²) < 4.78 is 7.97. The van der Waals surface area contributed by atoms with Crippen molar-refractivity contribution < 1.29 is 4.74 Å². The molecular formula is C10H9BrClN3O. The molecule has 0 amide bonds. The van der Waals surface area contributed by atoms with E-state index in [1.807, 2.05) is 10.6 Å². The van der Waals surface area contributed by atoms with Gasteiger partial charge in [-0.05, 0) is 22.9 Å². The second-order valence-corrected chi connectivity index (χ2v) is 5.33. The summed E-state index contributed by atoms with van der Waals surface area (Å²) >= 11 is 9.47. The fraction of sp³-hybridized carbons (Fsp3) is 0.400. The predicted molar refractivity (Wildman–Crippen MR) is 63.9 cm³/mol. The van der Waals surface area contributed by atoms with Crippen LogP contribution < -0.4 is 0 Å². The van der Waals surface area contributed by atoms with E-state index in [0.717, 1.165) is 15.9 Å². The molecule has 6 heteroatoms. The molecule has 1 aliphatic heterocycles. The van der Waals surface area contributed by atoms with Gasteiger partial charge in [-0.3, -0.25) is 4.40 Å². The number of aromatic nitrogens is 3. The molecule has 16 heavy (non-hydrogen) atoms. The summed E-state index contributed by atoms with van der Waals surface area (Å²) in [4.78, 5) is 8.57. The zero-order chi connectivity index (χ0) is 11.3. The fourth-order valence-electron chi connectivity index (χ4n) is 1.92. The van der Waals surface area contributed by atoms with E-state index >= 15 is 0 Å². The molecule has 1 saturated heterocycles. The highest BCUT2D eigenvalue weighted by Gasteiger charge is 2.39. The van der Waals surface area contributed by atoms with E-state index < -0.39 is 0 Å². The number of rotatable bonds is 1. The molecule has 2 aromatic rings. The molecule has 3 heterocycles. The molecule has 0 radical (unpaired) electrons. The van der Waals surface area contributed by atoms with Crippen LogP contribution in [0.1, 0.15) is 12.7 Å². The van der Waals surface area contributed by atoms with Crippen LogP contribution in [0, 0.1) is 0 Å². The Balaban J connectivity index is 2.31. The number of hydrogen-bond acceptors (Lipinski definition) is 3. The molecule has 0 unspecified atom stereocenters. The number of hydrogen-bond donors (Lipinski definition) is 0. The monoisotopic (exact) mass is 301 g/mol. The molecule has 4 nitrogen and oxygen atoms in total. The third-order valence-corrected chi connectivity index (χ3v) is 3.68. The van der Waals surface area contributed by atoms with Gasteiger partial charge < -0.3 is 4.74 Å². The van der Waals surface area contributed by atoms with E-state index in [4.69, 9.17) is 16.3 Å². The predicted octanol–water partition coefficient (Wildman–Crippen LogP) is 2.43. The zero-order valence-electron chi connectivity index (χ0n) is 8.57. The smallest absolute Gasteiger partial charge is 0.155 e. The quantitative estimate of drug-likeness (QED) is 0.812. The van der Waals surface area contributed by atoms with E-state index in [-0.39, 0.29) is 5.41 Å². The van der Waals surface area contributed by atoms with Crippen molar-refractivity contribution in [2.75, 3.05) is 13.2 Å². The minimum Gasteiger partial charge on any atom is -0.379 e. The van der Waals surface area contributed by atoms with E-state index in [0.29, 0.717) is 18.4 Å². The first-order valence-corrected chi connectivity index (χ1v) is 6.05. The molecule has 1 aliphatic rings. The summed E-state index contributed by atoms with van der Waals surface area (Å²) in [5.74, 6) is 0.963. The first kappa shape index (κ1) is 10.5. The van der Waals surface area contributed by atoms with Crippen molar-refractivity contribution in [2.45, 2.75) is 12.3 Å². The van der Waals surface area contributed by atoms with Crippen LogP contribution >= 0.6 is 27.5 Å². The molecule has 0 spiro atoms. The van der Waals surface area contributed by atoms with Crippen LogP contribution in [0.15, 0.2) is 17.0 Å². The summed E-state index contributed by atoms with van der Waals surface area (Å²) in [5, 5.41) is 0.456. The molecule has 0 aliphatic carbocycles. The lowest BCUT2D eigenvalue weighted by Crippen LogP contribution is -2.45. The van der Waals surface area contributed by atoms with Gasteiger partial charge in [0.05, 0.1) is 18.6 Å². The first-order valence-electron chi connectivity index (χ1n) is 4.88. The maximum atomic E-state index is 6.05. The van der Waals surface area contributed by atoms with Gasteiger partial charge in [-0.25, -0.2) is 9.97 Å². The summed E-state index contributed by atoms with van der Waals surface area (Å²) in [5.41, 5.74) is 0.784. The van der Waals surface area contributed by atoms with Crippen molar-refractivity contribution in [2.24, 2.45) is 0 Å². The normalized spacial score (nSPS) is 18.7. The average Bonchev–Trinajstić information content (AvgIpc) is 2.54. The van der Waals surface area contributed by atoms with Gasteiger partial charge in [0.1, 0.15) is 15.9 Å². The van der Waals surface area contributed by atoms with E-state index in [1.54, 1.807) is 6.20 Å². The van der Waals surface area contributed by atoms with Crippen molar-refractivity contribution in [3.05, 3.63) is 28.0 Å². The summed E-state index contributed by atoms with van der Waals surface area (Å²) in [6, 6.07) is 0. The highest BCUT2D eigenvalue weighted by Crippen LogP contribution is 2.34. The van der Waals surface area contributed by atoms with Crippen molar-refractivity contribution in [1.82, 2.24) is 14.4 Å². The van der Waals surface area contributed by atoms with Crippen LogP contribution in [0.2, 0.25) is 5.15 Å². The Morgan fingerprint density at radius 1 is 1.56 bits per heavy atom. The van der Waals surface area contributed by atoms with Gasteiger partial charge in [0.2, 0.25) is 0 Å². The van der Waals surface area contributed by atoms with Crippen LogP contribution in [0.5, 0.6) is 0 Å². The van der Waals surface area contributed by atoms with Crippen LogP contribution in [0.3, 0.4) is 0 Å². The average molecular weight is 303 g/mol. The standard InChI is InChI=1S/C10H9BrClN3O/c1-10(4-16-5-10)9-14-7(11)6-8(12)13-2-3-15(6)9/h2-3H,4-5H2,1H3. The minimum absolute atomic E-state index is 0.0282. The number of ether oxygens (including phenoxy) is 1. The van der Waals surface area contributed by atoms with Crippen LogP contribution in [-0.2, 0) is 10.2 Å². The maximum Gasteiger partial charge on any atom is 0.155 e. The van der Waals surface area contributed by atoms with Gasteiger partial charge in [-0.15, -0.1) is 0 Å². The van der Waals surface area contributed by atoms with Crippen LogP contribution in [-0.4, -0.2) is 27.6 Å². The van der Waals surface area contributed by atoms with Crippen molar-refractivity contribution in [3.63, 3.8) is 0 Å². The molecule has 0 N–H and O–H groups in total. The first-order chi connectivity index (χ1) is 7.62. The van der Waals surface area contributed by atoms with Crippen molar-refractivity contribution in [1.29, 1.82) is 0 Å². The minimum atomic E-state index is -0.0282. The molecule has 0 saturated carbocycles. The van der Waals surface area contributed by atoms with Crippen molar-refractivity contribution >= 4 is 33.0 Å². The lowest BCUT2D eigenvalue weighted by molar-refractivity contribution is -0.0546. The van der Waals surface area contributed by atoms with Crippen molar-refractivity contribution in [3.8, 4) is 0 Å². The van der Waals surface area contributed by atoms with Gasteiger partial charge in [-0.1, -0.05) is 11.6 Å². The lowest BCUT2D eigenvalue weighted by Gasteiger charge is -2.36. The molecule has 84 valence electrons. The molecule has 0 aromatic carbocycles. The Morgan fingerprint density at radius 3 is 2.94 bits per heavy atom. The molecular weight excluding hydrogens is 293 g/mol. The number of imidazole rings is 1. The Hall–Kier alpha value is -0.650. The van der Waals surface area contributed by atoms with Crippen LogP contribution in [0.4, 0.5) is 0 Å². The van der Waals surface area contributed by atoms with Gasteiger partial charge in [0.25, 0.3) is 0 Å². The Morgan fingerprint density at radius 2 is 2.31 bits per heavy atom. The van der Waals surface area contributed by atoms with E-state index in [9.17, 15) is 0 Å². The summed E-state index contributed by atoms with van der Waals surface area (Å²) in [6.45, 7) is 3.52. The fourth-order valence-corrected chi connectivity index (χ4v) is 2.82. The maximum absolute atomic E-state index is 6.05. The number of fused-ring (bicyclic) bond motifs is 1.